The minimum atomic E-state index is 0.693. The normalized spacial score (nSPS) is 23.1. The third kappa shape index (κ3) is 2.33. The summed E-state index contributed by atoms with van der Waals surface area (Å²) >= 11 is 0. The highest BCUT2D eigenvalue weighted by Crippen LogP contribution is 2.29. The smallest absolute Gasteiger partial charge is 0.0703 e. The van der Waals surface area contributed by atoms with Gasteiger partial charge in [0.25, 0.3) is 0 Å². The van der Waals surface area contributed by atoms with Gasteiger partial charge in [-0.15, -0.1) is 0 Å². The van der Waals surface area contributed by atoms with E-state index in [0.29, 0.717) is 6.04 Å². The average Bonchev–Trinajstić information content (AvgIpc) is 2.83. The van der Waals surface area contributed by atoms with Crippen LogP contribution in [0.4, 0.5) is 11.4 Å². The first-order valence-corrected chi connectivity index (χ1v) is 7.93. The number of fused-ring (bicyclic) bond motifs is 1. The van der Waals surface area contributed by atoms with Crippen molar-refractivity contribution in [3.05, 3.63) is 42.6 Å². The molecule has 0 amide bonds. The van der Waals surface area contributed by atoms with Crippen molar-refractivity contribution in [2.75, 3.05) is 43.5 Å². The fraction of sp³-hybridized carbons (Fsp3) is 0.389. The van der Waals surface area contributed by atoms with Crippen LogP contribution in [-0.2, 0) is 0 Å². The summed E-state index contributed by atoms with van der Waals surface area (Å²) < 4.78 is 0. The highest BCUT2D eigenvalue weighted by Gasteiger charge is 2.38. The largest absolute Gasteiger partial charge is 0.378 e. The highest BCUT2D eigenvalue weighted by molar-refractivity contribution is 5.64. The Bertz CT molecular complexity index is 636. The summed E-state index contributed by atoms with van der Waals surface area (Å²) in [5.74, 6) is 0.832. The predicted octanol–water partition coefficient (Wildman–Crippen LogP) is 2.22. The van der Waals surface area contributed by atoms with Crippen molar-refractivity contribution in [2.45, 2.75) is 6.04 Å². The van der Waals surface area contributed by atoms with Crippen LogP contribution in [0.15, 0.2) is 42.6 Å². The summed E-state index contributed by atoms with van der Waals surface area (Å²) in [6.45, 7) is 3.45. The zero-order valence-corrected chi connectivity index (χ0v) is 13.2. The van der Waals surface area contributed by atoms with Gasteiger partial charge in [-0.05, 0) is 24.3 Å². The van der Waals surface area contributed by atoms with Crippen molar-refractivity contribution >= 4 is 11.4 Å². The number of anilines is 2. The Kier molecular flexibility index (Phi) is 3.26. The molecule has 22 heavy (non-hydrogen) atoms. The fourth-order valence-corrected chi connectivity index (χ4v) is 3.34. The van der Waals surface area contributed by atoms with Crippen molar-refractivity contribution in [1.82, 2.24) is 10.3 Å². The molecule has 2 fully saturated rings. The van der Waals surface area contributed by atoms with Gasteiger partial charge in [0.15, 0.2) is 0 Å². The molecule has 2 aliphatic rings. The molecule has 3 heterocycles. The number of benzene rings is 1. The van der Waals surface area contributed by atoms with Crippen LogP contribution in [0.2, 0.25) is 0 Å². The molecule has 0 spiro atoms. The van der Waals surface area contributed by atoms with E-state index >= 15 is 0 Å². The van der Waals surface area contributed by atoms with Gasteiger partial charge in [-0.3, -0.25) is 4.98 Å². The second-order valence-electron chi connectivity index (χ2n) is 6.52. The van der Waals surface area contributed by atoms with Gasteiger partial charge in [-0.2, -0.15) is 0 Å². The molecule has 0 aliphatic carbocycles. The fourth-order valence-electron chi connectivity index (χ4n) is 3.34. The molecule has 4 nitrogen and oxygen atoms in total. The van der Waals surface area contributed by atoms with Gasteiger partial charge in [0, 0.05) is 56.9 Å². The van der Waals surface area contributed by atoms with Gasteiger partial charge in [0.2, 0.25) is 0 Å². The van der Waals surface area contributed by atoms with Crippen LogP contribution in [0, 0.1) is 5.92 Å². The molecule has 0 radical (unpaired) electrons. The SMILES string of the molecule is CN(C)c1ccc(-c2ccc(N3CC4CNC4C3)cn2)cc1. The molecule has 2 unspecified atom stereocenters. The standard InChI is InChI=1S/C18H22N4/c1-21(2)15-5-3-13(4-6-15)17-8-7-16(10-20-17)22-11-14-9-19-18(14)12-22/h3-8,10,14,18-19H,9,11-12H2,1-2H3. The van der Waals surface area contributed by atoms with E-state index in [0.717, 1.165) is 24.7 Å². The van der Waals surface area contributed by atoms with Crippen LogP contribution < -0.4 is 15.1 Å². The molecule has 1 aromatic heterocycles. The van der Waals surface area contributed by atoms with Crippen molar-refractivity contribution in [1.29, 1.82) is 0 Å². The van der Waals surface area contributed by atoms with Gasteiger partial charge in [0.05, 0.1) is 17.6 Å². The van der Waals surface area contributed by atoms with E-state index in [1.165, 1.54) is 23.5 Å². The summed E-state index contributed by atoms with van der Waals surface area (Å²) in [5.41, 5.74) is 4.65. The van der Waals surface area contributed by atoms with E-state index in [9.17, 15) is 0 Å². The number of rotatable bonds is 3. The van der Waals surface area contributed by atoms with Gasteiger partial charge in [0.1, 0.15) is 0 Å². The van der Waals surface area contributed by atoms with Gasteiger partial charge < -0.3 is 15.1 Å². The molecule has 2 atom stereocenters. The summed E-state index contributed by atoms with van der Waals surface area (Å²) in [7, 11) is 4.11. The Morgan fingerprint density at radius 2 is 1.91 bits per heavy atom. The van der Waals surface area contributed by atoms with Crippen LogP contribution in [0.1, 0.15) is 0 Å². The van der Waals surface area contributed by atoms with E-state index in [2.05, 4.69) is 70.6 Å². The lowest BCUT2D eigenvalue weighted by molar-refractivity contribution is 0.297. The molecule has 2 aliphatic heterocycles. The highest BCUT2D eigenvalue weighted by atomic mass is 15.2. The summed E-state index contributed by atoms with van der Waals surface area (Å²) in [6, 6.07) is 13.6. The Morgan fingerprint density at radius 1 is 1.09 bits per heavy atom. The third-order valence-electron chi connectivity index (χ3n) is 4.88. The maximum Gasteiger partial charge on any atom is 0.0703 e. The average molecular weight is 294 g/mol. The quantitative estimate of drug-likeness (QED) is 0.940. The predicted molar refractivity (Wildman–Crippen MR) is 91.5 cm³/mol. The molecule has 1 N–H and O–H groups in total. The Balaban J connectivity index is 1.51. The van der Waals surface area contributed by atoms with E-state index in [1.54, 1.807) is 0 Å². The molecule has 2 saturated heterocycles. The number of hydrogen-bond donors (Lipinski definition) is 1. The molecular weight excluding hydrogens is 272 g/mol. The van der Waals surface area contributed by atoms with Crippen molar-refractivity contribution in [3.63, 3.8) is 0 Å². The second-order valence-corrected chi connectivity index (χ2v) is 6.52. The van der Waals surface area contributed by atoms with Gasteiger partial charge in [-0.1, -0.05) is 12.1 Å². The molecule has 4 rings (SSSR count). The summed E-state index contributed by atoms with van der Waals surface area (Å²) in [5, 5.41) is 3.49. The lowest BCUT2D eigenvalue weighted by atomic mass is 9.96. The Morgan fingerprint density at radius 3 is 2.41 bits per heavy atom. The molecule has 114 valence electrons. The lowest BCUT2D eigenvalue weighted by Gasteiger charge is -2.29. The number of hydrogen-bond acceptors (Lipinski definition) is 4. The monoisotopic (exact) mass is 294 g/mol. The number of nitrogens with zero attached hydrogens (tertiary/aromatic N) is 3. The maximum atomic E-state index is 4.66. The Hall–Kier alpha value is -2.07. The van der Waals surface area contributed by atoms with Crippen molar-refractivity contribution < 1.29 is 0 Å². The summed E-state index contributed by atoms with van der Waals surface area (Å²) in [6.07, 6.45) is 2.01. The number of aromatic nitrogens is 1. The van der Waals surface area contributed by atoms with Crippen LogP contribution in [0.5, 0.6) is 0 Å². The third-order valence-corrected chi connectivity index (χ3v) is 4.88. The van der Waals surface area contributed by atoms with Gasteiger partial charge in [-0.25, -0.2) is 0 Å². The Labute approximate surface area is 131 Å². The second kappa shape index (κ2) is 5.29. The van der Waals surface area contributed by atoms with Crippen LogP contribution >= 0.6 is 0 Å². The first kappa shape index (κ1) is 13.6. The van der Waals surface area contributed by atoms with Gasteiger partial charge >= 0.3 is 0 Å². The van der Waals surface area contributed by atoms with Crippen LogP contribution in [-0.4, -0.2) is 44.8 Å². The van der Waals surface area contributed by atoms with E-state index in [1.807, 2.05) is 6.20 Å². The number of pyridine rings is 1. The van der Waals surface area contributed by atoms with Crippen molar-refractivity contribution in [2.24, 2.45) is 5.92 Å². The molecule has 1 aromatic carbocycles. The zero-order valence-electron chi connectivity index (χ0n) is 13.2. The molecule has 4 heteroatoms. The van der Waals surface area contributed by atoms with E-state index in [-0.39, 0.29) is 0 Å². The topological polar surface area (TPSA) is 31.4 Å². The minimum Gasteiger partial charge on any atom is -0.378 e. The van der Waals surface area contributed by atoms with E-state index < -0.39 is 0 Å². The maximum absolute atomic E-state index is 4.66. The minimum absolute atomic E-state index is 0.693. The zero-order chi connectivity index (χ0) is 15.1. The molecule has 0 bridgehead atoms. The summed E-state index contributed by atoms with van der Waals surface area (Å²) in [4.78, 5) is 9.22. The lowest BCUT2D eigenvalue weighted by Crippen LogP contribution is -2.51. The molecule has 2 aromatic rings. The van der Waals surface area contributed by atoms with Crippen LogP contribution in [0.25, 0.3) is 11.3 Å². The first-order valence-electron chi connectivity index (χ1n) is 7.93. The van der Waals surface area contributed by atoms with Crippen LogP contribution in [0.3, 0.4) is 0 Å². The van der Waals surface area contributed by atoms with E-state index in [4.69, 9.17) is 0 Å². The number of nitrogens with one attached hydrogen (secondary N) is 1. The first-order chi connectivity index (χ1) is 10.7. The van der Waals surface area contributed by atoms with Crippen molar-refractivity contribution in [3.8, 4) is 11.3 Å². The molecular formula is C18H22N4. The molecule has 0 saturated carbocycles.